The zero-order valence-corrected chi connectivity index (χ0v) is 30.5. The Morgan fingerprint density at radius 3 is 1.37 bits per heavy atom. The van der Waals surface area contributed by atoms with Crippen molar-refractivity contribution >= 4 is 41.6 Å². The van der Waals surface area contributed by atoms with Crippen LogP contribution in [0.2, 0.25) is 0 Å². The van der Waals surface area contributed by atoms with Crippen molar-refractivity contribution in [2.45, 2.75) is 23.0 Å². The third kappa shape index (κ3) is 8.23. The van der Waals surface area contributed by atoms with E-state index in [0.29, 0.717) is 45.9 Å². The molecule has 0 atom stereocenters. The molecule has 0 aliphatic carbocycles. The second-order valence-corrected chi connectivity index (χ2v) is 15.8. The SMILES string of the molecule is COCCOCc1c(S(=O)(=O)N2CCOCC2)c(Oc2cc3ccccc3c(COCCOC)c2S(=O)(=O)N2CCOCC2)cc2ccccc12. The highest BCUT2D eigenvalue weighted by molar-refractivity contribution is 7.89. The maximum Gasteiger partial charge on any atom is 0.247 e. The number of sulfonamides is 2. The topological polar surface area (TPSA) is 139 Å². The third-order valence-corrected chi connectivity index (χ3v) is 12.9. The molecule has 0 saturated carbocycles. The summed E-state index contributed by atoms with van der Waals surface area (Å²) in [6.07, 6.45) is 0. The first-order valence-electron chi connectivity index (χ1n) is 16.8. The fraction of sp³-hybridized carbons (Fsp3) is 0.444. The molecule has 2 aliphatic heterocycles. The Balaban J connectivity index is 1.60. The minimum Gasteiger partial charge on any atom is -0.454 e. The predicted octanol–water partition coefficient (Wildman–Crippen LogP) is 4.15. The molecule has 0 amide bonds. The zero-order chi connectivity index (χ0) is 35.8. The molecule has 0 N–H and O–H groups in total. The lowest BCUT2D eigenvalue weighted by atomic mass is 10.0. The summed E-state index contributed by atoms with van der Waals surface area (Å²) in [6.45, 7) is 2.50. The monoisotopic (exact) mass is 744 g/mol. The minimum atomic E-state index is -4.22. The molecule has 4 aromatic rings. The average molecular weight is 745 g/mol. The lowest BCUT2D eigenvalue weighted by molar-refractivity contribution is 0.0605. The molecule has 0 radical (unpaired) electrons. The van der Waals surface area contributed by atoms with Gasteiger partial charge in [0.2, 0.25) is 20.0 Å². The number of methoxy groups -OCH3 is 2. The van der Waals surface area contributed by atoms with Crippen molar-refractivity contribution in [1.29, 1.82) is 0 Å². The number of nitrogens with zero attached hydrogens (tertiary/aromatic N) is 2. The highest BCUT2D eigenvalue weighted by atomic mass is 32.2. The number of hydrogen-bond acceptors (Lipinski definition) is 11. The molecule has 0 spiro atoms. The van der Waals surface area contributed by atoms with E-state index in [1.54, 1.807) is 26.4 Å². The largest absolute Gasteiger partial charge is 0.454 e. The van der Waals surface area contributed by atoms with E-state index in [1.807, 2.05) is 48.5 Å². The summed E-state index contributed by atoms with van der Waals surface area (Å²) < 4.78 is 101. The van der Waals surface area contributed by atoms with Crippen LogP contribution in [0.3, 0.4) is 0 Å². The highest BCUT2D eigenvalue weighted by Gasteiger charge is 2.37. The molecule has 2 aliphatic rings. The number of benzene rings is 4. The number of fused-ring (bicyclic) bond motifs is 2. The van der Waals surface area contributed by atoms with Crippen molar-refractivity contribution in [1.82, 2.24) is 8.61 Å². The molecular weight excluding hydrogens is 701 g/mol. The Bertz CT molecular complexity index is 1880. The second kappa shape index (κ2) is 17.1. The van der Waals surface area contributed by atoms with Crippen molar-refractivity contribution in [2.75, 3.05) is 93.3 Å². The van der Waals surface area contributed by atoms with Crippen LogP contribution >= 0.6 is 0 Å². The van der Waals surface area contributed by atoms with Gasteiger partial charge in [-0.15, -0.1) is 0 Å². The van der Waals surface area contributed by atoms with Crippen molar-refractivity contribution in [2.24, 2.45) is 0 Å². The first-order chi connectivity index (χ1) is 24.8. The molecule has 4 aromatic carbocycles. The smallest absolute Gasteiger partial charge is 0.247 e. The number of hydrogen-bond donors (Lipinski definition) is 0. The molecule has 2 fully saturated rings. The molecule has 2 saturated heterocycles. The lowest BCUT2D eigenvalue weighted by Gasteiger charge is -2.30. The van der Waals surface area contributed by atoms with Crippen LogP contribution in [0.5, 0.6) is 11.5 Å². The van der Waals surface area contributed by atoms with E-state index in [0.717, 1.165) is 0 Å². The maximum atomic E-state index is 14.7. The standard InChI is InChI=1S/C36H44N2O11S2/c1-43-19-21-47-25-31-29-9-5-3-7-27(29)23-33(35(31)50(39,40)37-11-15-45-16-12-37)49-34-24-28-8-4-6-10-30(28)32(26-48-22-20-44-2)36(34)51(41,42)38-13-17-46-18-14-38/h3-10,23-24H,11-22,25-26H2,1-2H3. The Morgan fingerprint density at radius 2 is 0.980 bits per heavy atom. The summed E-state index contributed by atoms with van der Waals surface area (Å²) in [5.41, 5.74) is 0.791. The van der Waals surface area contributed by atoms with E-state index in [9.17, 15) is 16.8 Å². The zero-order valence-electron chi connectivity index (χ0n) is 28.9. The number of ether oxygens (including phenoxy) is 7. The molecule has 15 heteroatoms. The van der Waals surface area contributed by atoms with Crippen LogP contribution < -0.4 is 4.74 Å². The van der Waals surface area contributed by atoms with Gasteiger partial charge in [0, 0.05) is 51.5 Å². The molecule has 6 rings (SSSR count). The van der Waals surface area contributed by atoms with Gasteiger partial charge in [-0.25, -0.2) is 16.8 Å². The summed E-state index contributed by atoms with van der Waals surface area (Å²) in [5, 5.41) is 2.72. The molecule has 2 heterocycles. The molecule has 0 unspecified atom stereocenters. The molecule has 13 nitrogen and oxygen atoms in total. The molecule has 276 valence electrons. The van der Waals surface area contributed by atoms with Gasteiger partial charge in [-0.3, -0.25) is 0 Å². The Hall–Kier alpha value is -3.22. The van der Waals surface area contributed by atoms with Crippen LogP contribution in [0.15, 0.2) is 70.5 Å². The molecule has 0 aromatic heterocycles. The van der Waals surface area contributed by atoms with Crippen molar-refractivity contribution in [3.05, 3.63) is 71.8 Å². The van der Waals surface area contributed by atoms with E-state index in [2.05, 4.69) is 0 Å². The minimum absolute atomic E-state index is 0.0227. The Labute approximate surface area is 299 Å². The number of morpholine rings is 2. The van der Waals surface area contributed by atoms with Gasteiger partial charge in [0.15, 0.2) is 0 Å². The number of rotatable bonds is 16. The van der Waals surface area contributed by atoms with E-state index in [4.69, 9.17) is 33.2 Å². The van der Waals surface area contributed by atoms with E-state index in [-0.39, 0.29) is 100 Å². The van der Waals surface area contributed by atoms with Gasteiger partial charge in [0.05, 0.1) is 66.1 Å². The predicted molar refractivity (Wildman–Crippen MR) is 190 cm³/mol. The summed E-state index contributed by atoms with van der Waals surface area (Å²) in [7, 11) is -5.31. The van der Waals surface area contributed by atoms with Gasteiger partial charge in [-0.2, -0.15) is 8.61 Å². The molecule has 0 bridgehead atoms. The van der Waals surface area contributed by atoms with Gasteiger partial charge >= 0.3 is 0 Å². The summed E-state index contributed by atoms with van der Waals surface area (Å²) in [6, 6.07) is 18.0. The van der Waals surface area contributed by atoms with Gasteiger partial charge in [0.1, 0.15) is 21.3 Å². The van der Waals surface area contributed by atoms with Gasteiger partial charge < -0.3 is 33.2 Å². The van der Waals surface area contributed by atoms with Gasteiger partial charge in [0.25, 0.3) is 0 Å². The molecular formula is C36H44N2O11S2. The summed E-state index contributed by atoms with van der Waals surface area (Å²) >= 11 is 0. The van der Waals surface area contributed by atoms with Crippen LogP contribution in [0.25, 0.3) is 21.5 Å². The van der Waals surface area contributed by atoms with Crippen molar-refractivity contribution in [3.8, 4) is 11.5 Å². The van der Waals surface area contributed by atoms with E-state index >= 15 is 0 Å². The second-order valence-electron chi connectivity index (χ2n) is 12.0. The van der Waals surface area contributed by atoms with Crippen LogP contribution in [0.4, 0.5) is 0 Å². The van der Waals surface area contributed by atoms with Gasteiger partial charge in [-0.1, -0.05) is 48.5 Å². The quantitative estimate of drug-likeness (QED) is 0.153. The van der Waals surface area contributed by atoms with Gasteiger partial charge in [-0.05, 0) is 33.7 Å². The average Bonchev–Trinajstić information content (AvgIpc) is 3.15. The maximum absolute atomic E-state index is 14.7. The van der Waals surface area contributed by atoms with Crippen molar-refractivity contribution in [3.63, 3.8) is 0 Å². The third-order valence-electron chi connectivity index (χ3n) is 8.85. The Morgan fingerprint density at radius 1 is 0.588 bits per heavy atom. The first kappa shape index (κ1) is 37.5. The normalized spacial score (nSPS) is 16.6. The van der Waals surface area contributed by atoms with E-state index in [1.165, 1.54) is 8.61 Å². The van der Waals surface area contributed by atoms with Crippen LogP contribution in [0.1, 0.15) is 11.1 Å². The summed E-state index contributed by atoms with van der Waals surface area (Å²) in [4.78, 5) is -0.192. The fourth-order valence-corrected chi connectivity index (χ4v) is 9.78. The Kier molecular flexibility index (Phi) is 12.6. The van der Waals surface area contributed by atoms with E-state index < -0.39 is 20.0 Å². The lowest BCUT2D eigenvalue weighted by Crippen LogP contribution is -2.41. The highest BCUT2D eigenvalue weighted by Crippen LogP contribution is 2.44. The van der Waals surface area contributed by atoms with Crippen LogP contribution in [-0.4, -0.2) is 119 Å². The van der Waals surface area contributed by atoms with Crippen LogP contribution in [-0.2, 0) is 61.7 Å². The van der Waals surface area contributed by atoms with Crippen LogP contribution in [0, 0.1) is 0 Å². The molecule has 51 heavy (non-hydrogen) atoms. The summed E-state index contributed by atoms with van der Waals surface area (Å²) in [5.74, 6) is -0.0454. The van der Waals surface area contributed by atoms with Crippen molar-refractivity contribution < 1.29 is 50.0 Å². The first-order valence-corrected chi connectivity index (χ1v) is 19.7. The fourth-order valence-electron chi connectivity index (χ4n) is 6.34.